The Morgan fingerprint density at radius 3 is 1.40 bits per heavy atom. The predicted molar refractivity (Wildman–Crippen MR) is 23.1 cm³/mol. The standard InChI is InChI=1S/C3H8O.Pb/c1-3(2)4;/h3-4H,1-2H3;. The summed E-state index contributed by atoms with van der Waals surface area (Å²) in [6, 6.07) is 0. The van der Waals surface area contributed by atoms with E-state index in [0.29, 0.717) is 0 Å². The molecule has 0 unspecified atom stereocenters. The topological polar surface area (TPSA) is 20.2 Å². The molecule has 0 aromatic rings. The van der Waals surface area contributed by atoms with Crippen molar-refractivity contribution in [2.75, 3.05) is 0 Å². The third kappa shape index (κ3) is 52.1. The van der Waals surface area contributed by atoms with Crippen LogP contribution in [0.2, 0.25) is 0 Å². The quantitative estimate of drug-likeness (QED) is 0.613. The molecule has 0 aliphatic rings. The maximum atomic E-state index is 8.06. The fourth-order valence-corrected chi connectivity index (χ4v) is 0. The first-order valence-corrected chi connectivity index (χ1v) is 1.41. The molecule has 0 aliphatic carbocycles. The van der Waals surface area contributed by atoms with Crippen LogP contribution < -0.4 is 0 Å². The predicted octanol–water partition coefficient (Wildman–Crippen LogP) is 0.00630. The minimum Gasteiger partial charge on any atom is -0.394 e. The van der Waals surface area contributed by atoms with Crippen LogP contribution in [0.25, 0.3) is 0 Å². The molecule has 0 spiro atoms. The number of aliphatic hydroxyl groups excluding tert-OH is 1. The van der Waals surface area contributed by atoms with Crippen molar-refractivity contribution in [2.45, 2.75) is 20.0 Å². The molecular weight excluding hydrogens is 259 g/mol. The smallest absolute Gasteiger partial charge is 0.0483 e. The fraction of sp³-hybridized carbons (Fsp3) is 1.00. The normalized spacial score (nSPS) is 7.20. The van der Waals surface area contributed by atoms with Crippen LogP contribution in [-0.4, -0.2) is 38.5 Å². The van der Waals surface area contributed by atoms with Gasteiger partial charge in [0.15, 0.2) is 0 Å². The Hall–Kier alpha value is 0.882. The van der Waals surface area contributed by atoms with Crippen molar-refractivity contribution in [3.63, 3.8) is 0 Å². The second-order valence-electron chi connectivity index (χ2n) is 1.09. The van der Waals surface area contributed by atoms with E-state index in [1.54, 1.807) is 13.8 Å². The van der Waals surface area contributed by atoms with E-state index in [2.05, 4.69) is 0 Å². The number of rotatable bonds is 0. The Morgan fingerprint density at radius 2 is 1.40 bits per heavy atom. The molecule has 0 aliphatic heterocycles. The van der Waals surface area contributed by atoms with Gasteiger partial charge >= 0.3 is 0 Å². The summed E-state index contributed by atoms with van der Waals surface area (Å²) in [5, 5.41) is 8.06. The second-order valence-corrected chi connectivity index (χ2v) is 1.09. The van der Waals surface area contributed by atoms with Gasteiger partial charge in [0.2, 0.25) is 0 Å². The summed E-state index contributed by atoms with van der Waals surface area (Å²) in [7, 11) is 0. The summed E-state index contributed by atoms with van der Waals surface area (Å²) in [5.74, 6) is 0. The summed E-state index contributed by atoms with van der Waals surface area (Å²) < 4.78 is 0. The van der Waals surface area contributed by atoms with Crippen molar-refractivity contribution in [3.05, 3.63) is 0 Å². The molecule has 0 aromatic heterocycles. The molecule has 0 atom stereocenters. The molecule has 0 aromatic carbocycles. The van der Waals surface area contributed by atoms with Gasteiger partial charge in [-0.2, -0.15) is 0 Å². The van der Waals surface area contributed by atoms with Crippen molar-refractivity contribution in [1.29, 1.82) is 0 Å². The van der Waals surface area contributed by atoms with Gasteiger partial charge in [0, 0.05) is 33.4 Å². The molecule has 4 radical (unpaired) electrons. The Bertz CT molecular complexity index is 11.6. The molecule has 5 heavy (non-hydrogen) atoms. The molecule has 1 N–H and O–H groups in total. The second kappa shape index (κ2) is 4.88. The first kappa shape index (κ1) is 9.30. The van der Waals surface area contributed by atoms with Gasteiger partial charge in [0.25, 0.3) is 0 Å². The molecule has 0 saturated heterocycles. The van der Waals surface area contributed by atoms with Gasteiger partial charge in [-0.25, -0.2) is 0 Å². The SMILES string of the molecule is CC(C)O.[Pb]. The molecule has 0 fully saturated rings. The monoisotopic (exact) mass is 268 g/mol. The molecule has 0 saturated carbocycles. The minimum atomic E-state index is -0.167. The molecule has 0 rings (SSSR count). The summed E-state index contributed by atoms with van der Waals surface area (Å²) in [4.78, 5) is 0. The zero-order chi connectivity index (χ0) is 3.58. The zero-order valence-corrected chi connectivity index (χ0v) is 7.41. The maximum Gasteiger partial charge on any atom is 0.0483 e. The van der Waals surface area contributed by atoms with Crippen LogP contribution in [0.15, 0.2) is 0 Å². The van der Waals surface area contributed by atoms with Gasteiger partial charge in [-0.1, -0.05) is 0 Å². The van der Waals surface area contributed by atoms with E-state index in [-0.39, 0.29) is 33.4 Å². The molecule has 30 valence electrons. The number of hydrogen-bond acceptors (Lipinski definition) is 1. The average Bonchev–Trinajstić information content (AvgIpc) is 0.811. The number of hydrogen-bond donors (Lipinski definition) is 1. The Balaban J connectivity index is 0. The van der Waals surface area contributed by atoms with Crippen LogP contribution in [-0.2, 0) is 0 Å². The third-order valence-corrected chi connectivity index (χ3v) is 0. The van der Waals surface area contributed by atoms with Crippen LogP contribution in [0, 0.1) is 0 Å². The van der Waals surface area contributed by atoms with E-state index >= 15 is 0 Å². The van der Waals surface area contributed by atoms with Crippen molar-refractivity contribution in [2.24, 2.45) is 0 Å². The van der Waals surface area contributed by atoms with Crippen LogP contribution in [0.1, 0.15) is 13.8 Å². The first-order valence-electron chi connectivity index (χ1n) is 1.41. The first-order chi connectivity index (χ1) is 1.73. The van der Waals surface area contributed by atoms with E-state index in [4.69, 9.17) is 5.11 Å². The average molecular weight is 267 g/mol. The molecule has 2 heteroatoms. The summed E-state index contributed by atoms with van der Waals surface area (Å²) in [5.41, 5.74) is 0. The van der Waals surface area contributed by atoms with Crippen LogP contribution in [0.4, 0.5) is 0 Å². The van der Waals surface area contributed by atoms with Gasteiger partial charge in [0.1, 0.15) is 0 Å². The maximum absolute atomic E-state index is 8.06. The van der Waals surface area contributed by atoms with Crippen molar-refractivity contribution < 1.29 is 5.11 Å². The summed E-state index contributed by atoms with van der Waals surface area (Å²) >= 11 is 0. The van der Waals surface area contributed by atoms with Gasteiger partial charge in [-0.15, -0.1) is 0 Å². The Morgan fingerprint density at radius 1 is 1.40 bits per heavy atom. The van der Waals surface area contributed by atoms with E-state index in [9.17, 15) is 0 Å². The molecule has 0 amide bonds. The Kier molecular flexibility index (Phi) is 9.08. The summed E-state index contributed by atoms with van der Waals surface area (Å²) in [6.45, 7) is 3.44. The van der Waals surface area contributed by atoms with Gasteiger partial charge < -0.3 is 5.11 Å². The van der Waals surface area contributed by atoms with E-state index in [1.807, 2.05) is 0 Å². The van der Waals surface area contributed by atoms with Gasteiger partial charge in [-0.3, -0.25) is 0 Å². The van der Waals surface area contributed by atoms with E-state index in [0.717, 1.165) is 0 Å². The molecular formula is C3H8OPb. The minimum absolute atomic E-state index is 0. The van der Waals surface area contributed by atoms with Gasteiger partial charge in [-0.05, 0) is 13.8 Å². The van der Waals surface area contributed by atoms with E-state index in [1.165, 1.54) is 0 Å². The molecule has 0 heterocycles. The van der Waals surface area contributed by atoms with Crippen LogP contribution in [0.5, 0.6) is 0 Å². The third-order valence-electron chi connectivity index (χ3n) is 0. The van der Waals surface area contributed by atoms with Crippen molar-refractivity contribution >= 4 is 27.3 Å². The zero-order valence-electron chi connectivity index (χ0n) is 3.52. The molecule has 0 bridgehead atoms. The van der Waals surface area contributed by atoms with Crippen LogP contribution >= 0.6 is 0 Å². The van der Waals surface area contributed by atoms with Crippen molar-refractivity contribution in [1.82, 2.24) is 0 Å². The summed E-state index contributed by atoms with van der Waals surface area (Å²) in [6.07, 6.45) is -0.167. The number of aliphatic hydroxyl groups is 1. The van der Waals surface area contributed by atoms with E-state index < -0.39 is 0 Å². The fourth-order valence-electron chi connectivity index (χ4n) is 0. The Labute approximate surface area is 52.5 Å². The van der Waals surface area contributed by atoms with Crippen molar-refractivity contribution in [3.8, 4) is 0 Å². The van der Waals surface area contributed by atoms with Gasteiger partial charge in [0.05, 0.1) is 0 Å². The van der Waals surface area contributed by atoms with Crippen LogP contribution in [0.3, 0.4) is 0 Å². The largest absolute Gasteiger partial charge is 0.394 e. The molecule has 1 nitrogen and oxygen atoms in total.